The first-order valence-electron chi connectivity index (χ1n) is 9.53. The Morgan fingerprint density at radius 3 is 2.27 bits per heavy atom. The van der Waals surface area contributed by atoms with Crippen LogP contribution in [-0.2, 0) is 14.8 Å². The molecule has 0 heterocycles. The second-order valence-electron chi connectivity index (χ2n) is 7.37. The summed E-state index contributed by atoms with van der Waals surface area (Å²) in [7, 11) is -3.85. The van der Waals surface area contributed by atoms with Crippen molar-refractivity contribution in [3.8, 4) is 0 Å². The maximum Gasteiger partial charge on any atom is 0.271 e. The largest absolute Gasteiger partial charge is 0.348 e. The minimum absolute atomic E-state index is 0.112. The van der Waals surface area contributed by atoms with E-state index in [0.29, 0.717) is 12.0 Å². The van der Waals surface area contributed by atoms with Gasteiger partial charge in [0.1, 0.15) is 6.54 Å². The number of carbonyl (C=O) groups is 1. The number of benzene rings is 2. The lowest BCUT2D eigenvalue weighted by molar-refractivity contribution is -0.384. The number of carbonyl (C=O) groups excluding carboxylic acids is 1. The molecule has 9 heteroatoms. The summed E-state index contributed by atoms with van der Waals surface area (Å²) in [5, 5.41) is 14.0. The zero-order chi connectivity index (χ0) is 22.6. The number of non-ortho nitro benzene ring substituents is 1. The molecule has 1 N–H and O–H groups in total. The fourth-order valence-corrected chi connectivity index (χ4v) is 4.04. The fourth-order valence-electron chi connectivity index (χ4n) is 3.13. The van der Waals surface area contributed by atoms with E-state index in [2.05, 4.69) is 5.32 Å². The SMILES string of the molecule is CC[C@H](NC(=O)CN(c1cc([N+](=O)[O-])ccc1C)S(C)(=O)=O)c1ccc(C)c(C)c1. The van der Waals surface area contributed by atoms with Crippen LogP contribution in [0.5, 0.6) is 0 Å². The molecule has 0 aliphatic rings. The number of nitro benzene ring substituents is 1. The molecule has 1 amide bonds. The fraction of sp³-hybridized carbons (Fsp3) is 0.381. The van der Waals surface area contributed by atoms with Gasteiger partial charge in [-0.15, -0.1) is 0 Å². The van der Waals surface area contributed by atoms with Crippen LogP contribution in [0.1, 0.15) is 41.6 Å². The van der Waals surface area contributed by atoms with Gasteiger partial charge < -0.3 is 5.32 Å². The number of nitrogens with one attached hydrogen (secondary N) is 1. The van der Waals surface area contributed by atoms with Crippen LogP contribution in [0.4, 0.5) is 11.4 Å². The van der Waals surface area contributed by atoms with Gasteiger partial charge in [0.05, 0.1) is 22.9 Å². The Kier molecular flexibility index (Phi) is 7.20. The van der Waals surface area contributed by atoms with Crippen molar-refractivity contribution in [1.82, 2.24) is 5.32 Å². The Bertz CT molecular complexity index is 1070. The van der Waals surface area contributed by atoms with Crippen molar-refractivity contribution in [1.29, 1.82) is 0 Å². The molecule has 162 valence electrons. The smallest absolute Gasteiger partial charge is 0.271 e. The molecule has 1 atom stereocenters. The molecule has 2 aromatic rings. The minimum Gasteiger partial charge on any atom is -0.348 e. The number of rotatable bonds is 8. The molecule has 0 fully saturated rings. The normalized spacial score (nSPS) is 12.3. The Balaban J connectivity index is 2.31. The molecule has 0 saturated carbocycles. The van der Waals surface area contributed by atoms with Crippen LogP contribution >= 0.6 is 0 Å². The lowest BCUT2D eigenvalue weighted by Gasteiger charge is -2.25. The van der Waals surface area contributed by atoms with E-state index >= 15 is 0 Å². The van der Waals surface area contributed by atoms with E-state index in [-0.39, 0.29) is 17.4 Å². The number of hydrogen-bond donors (Lipinski definition) is 1. The van der Waals surface area contributed by atoms with Gasteiger partial charge in [0.15, 0.2) is 0 Å². The highest BCUT2D eigenvalue weighted by Crippen LogP contribution is 2.27. The van der Waals surface area contributed by atoms with Gasteiger partial charge in [-0.2, -0.15) is 0 Å². The number of nitro groups is 1. The molecule has 30 heavy (non-hydrogen) atoms. The molecular weight excluding hydrogens is 406 g/mol. The average Bonchev–Trinajstić information content (AvgIpc) is 2.66. The first-order chi connectivity index (χ1) is 13.9. The molecule has 8 nitrogen and oxygen atoms in total. The van der Waals surface area contributed by atoms with E-state index in [1.165, 1.54) is 18.2 Å². The van der Waals surface area contributed by atoms with E-state index < -0.39 is 27.4 Å². The van der Waals surface area contributed by atoms with Crippen LogP contribution in [-0.4, -0.2) is 32.0 Å². The maximum absolute atomic E-state index is 12.7. The molecule has 0 aliphatic carbocycles. The number of sulfonamides is 1. The summed E-state index contributed by atoms with van der Waals surface area (Å²) in [6, 6.07) is 9.58. The van der Waals surface area contributed by atoms with Crippen LogP contribution in [0.2, 0.25) is 0 Å². The minimum atomic E-state index is -3.85. The highest BCUT2D eigenvalue weighted by atomic mass is 32.2. The molecule has 0 aromatic heterocycles. The number of nitrogens with zero attached hydrogens (tertiary/aromatic N) is 2. The van der Waals surface area contributed by atoms with Crippen molar-refractivity contribution < 1.29 is 18.1 Å². The molecule has 0 spiro atoms. The lowest BCUT2D eigenvalue weighted by atomic mass is 9.99. The van der Waals surface area contributed by atoms with Crippen molar-refractivity contribution in [2.45, 2.75) is 40.2 Å². The van der Waals surface area contributed by atoms with Crippen molar-refractivity contribution in [3.63, 3.8) is 0 Å². The van der Waals surface area contributed by atoms with E-state index in [1.54, 1.807) is 6.92 Å². The van der Waals surface area contributed by atoms with Gasteiger partial charge in [-0.1, -0.05) is 31.2 Å². The van der Waals surface area contributed by atoms with E-state index in [9.17, 15) is 23.3 Å². The van der Waals surface area contributed by atoms with E-state index in [0.717, 1.165) is 27.3 Å². The number of hydrogen-bond acceptors (Lipinski definition) is 5. The zero-order valence-corrected chi connectivity index (χ0v) is 18.6. The summed E-state index contributed by atoms with van der Waals surface area (Å²) < 4.78 is 25.7. The van der Waals surface area contributed by atoms with Gasteiger partial charge in [0, 0.05) is 12.1 Å². The topological polar surface area (TPSA) is 110 Å². The molecule has 0 unspecified atom stereocenters. The number of anilines is 1. The van der Waals surface area contributed by atoms with Crippen molar-refractivity contribution in [3.05, 3.63) is 68.8 Å². The summed E-state index contributed by atoms with van der Waals surface area (Å²) >= 11 is 0. The summed E-state index contributed by atoms with van der Waals surface area (Å²) in [5.74, 6) is -0.489. The number of amides is 1. The third kappa shape index (κ3) is 5.56. The molecule has 2 aromatic carbocycles. The molecule has 0 aliphatic heterocycles. The molecule has 0 bridgehead atoms. The Morgan fingerprint density at radius 1 is 1.10 bits per heavy atom. The molecule has 2 rings (SSSR count). The predicted octanol–water partition coefficient (Wildman–Crippen LogP) is 3.55. The van der Waals surface area contributed by atoms with Crippen LogP contribution in [0.25, 0.3) is 0 Å². The standard InChI is InChI=1S/C21H27N3O5S/c1-6-19(17-9-7-14(2)16(4)11-17)22-21(25)13-23(30(5,28)29)20-12-18(24(26)27)10-8-15(20)3/h7-12,19H,6,13H2,1-5H3,(H,22,25)/t19-/m0/s1. The lowest BCUT2D eigenvalue weighted by Crippen LogP contribution is -2.41. The second kappa shape index (κ2) is 9.25. The summed E-state index contributed by atoms with van der Waals surface area (Å²) in [6.07, 6.45) is 1.60. The van der Waals surface area contributed by atoms with Gasteiger partial charge in [-0.25, -0.2) is 8.42 Å². The van der Waals surface area contributed by atoms with Crippen LogP contribution in [0.15, 0.2) is 36.4 Å². The van der Waals surface area contributed by atoms with Crippen molar-refractivity contribution in [2.75, 3.05) is 17.1 Å². The Labute approximate surface area is 177 Å². The second-order valence-corrected chi connectivity index (χ2v) is 9.28. The van der Waals surface area contributed by atoms with Crippen molar-refractivity contribution >= 4 is 27.3 Å². The van der Waals surface area contributed by atoms with Crippen LogP contribution in [0.3, 0.4) is 0 Å². The molecule has 0 radical (unpaired) electrons. The van der Waals surface area contributed by atoms with E-state index in [4.69, 9.17) is 0 Å². The highest BCUT2D eigenvalue weighted by Gasteiger charge is 2.25. The monoisotopic (exact) mass is 433 g/mol. The third-order valence-corrected chi connectivity index (χ3v) is 6.16. The molecular formula is C21H27N3O5S. The average molecular weight is 434 g/mol. The van der Waals surface area contributed by atoms with Gasteiger partial charge in [-0.05, 0) is 49.4 Å². The molecule has 0 saturated heterocycles. The quantitative estimate of drug-likeness (QED) is 0.506. The summed E-state index contributed by atoms with van der Waals surface area (Å²) in [5.41, 5.74) is 3.56. The van der Waals surface area contributed by atoms with Gasteiger partial charge in [0.25, 0.3) is 5.69 Å². The Morgan fingerprint density at radius 2 is 1.73 bits per heavy atom. The van der Waals surface area contributed by atoms with Crippen LogP contribution in [0, 0.1) is 30.9 Å². The van der Waals surface area contributed by atoms with Crippen LogP contribution < -0.4 is 9.62 Å². The first-order valence-corrected chi connectivity index (χ1v) is 11.4. The summed E-state index contributed by atoms with van der Waals surface area (Å²) in [6.45, 7) is 7.09. The maximum atomic E-state index is 12.7. The first kappa shape index (κ1) is 23.3. The van der Waals surface area contributed by atoms with Gasteiger partial charge >= 0.3 is 0 Å². The van der Waals surface area contributed by atoms with E-state index in [1.807, 2.05) is 39.0 Å². The highest BCUT2D eigenvalue weighted by molar-refractivity contribution is 7.92. The zero-order valence-electron chi connectivity index (χ0n) is 17.8. The van der Waals surface area contributed by atoms with Gasteiger partial charge in [-0.3, -0.25) is 19.2 Å². The van der Waals surface area contributed by atoms with Gasteiger partial charge in [0.2, 0.25) is 15.9 Å². The Hall–Kier alpha value is -2.94. The summed E-state index contributed by atoms with van der Waals surface area (Å²) in [4.78, 5) is 23.3. The third-order valence-electron chi connectivity index (χ3n) is 5.04. The predicted molar refractivity (Wildman–Crippen MR) is 117 cm³/mol. The van der Waals surface area contributed by atoms with Crippen molar-refractivity contribution in [2.24, 2.45) is 0 Å². The number of aryl methyl sites for hydroxylation is 3.